The second-order valence-corrected chi connectivity index (χ2v) is 7.93. The Morgan fingerprint density at radius 2 is 2.00 bits per heavy atom. The van der Waals surface area contributed by atoms with Crippen LogP contribution in [0.15, 0.2) is 30.9 Å². The molecule has 0 aromatic carbocycles. The van der Waals surface area contributed by atoms with Crippen LogP contribution in [0.1, 0.15) is 42.3 Å². The summed E-state index contributed by atoms with van der Waals surface area (Å²) in [6, 6.07) is 4.61. The van der Waals surface area contributed by atoms with E-state index in [0.717, 1.165) is 53.4 Å². The Kier molecular flexibility index (Phi) is 4.08. The van der Waals surface area contributed by atoms with Gasteiger partial charge < -0.3 is 4.90 Å². The summed E-state index contributed by atoms with van der Waals surface area (Å²) in [5.74, 6) is 0.984. The fourth-order valence-corrected chi connectivity index (χ4v) is 4.06. The molecular weight excluding hydrogens is 364 g/mol. The Labute approximate surface area is 169 Å². The summed E-state index contributed by atoms with van der Waals surface area (Å²) in [5.41, 5.74) is 7.69. The highest BCUT2D eigenvalue weighted by Crippen LogP contribution is 2.30. The zero-order chi connectivity index (χ0) is 20.1. The normalized spacial score (nSPS) is 14.0. The molecule has 0 fully saturated rings. The molecule has 8 heteroatoms. The molecule has 0 saturated carbocycles. The summed E-state index contributed by atoms with van der Waals surface area (Å²) in [7, 11) is 0. The van der Waals surface area contributed by atoms with Gasteiger partial charge in [-0.15, -0.1) is 15.3 Å². The lowest BCUT2D eigenvalue weighted by molar-refractivity contribution is 0.538. The van der Waals surface area contributed by atoms with Gasteiger partial charge in [-0.1, -0.05) is 0 Å². The van der Waals surface area contributed by atoms with E-state index in [9.17, 15) is 0 Å². The third kappa shape index (κ3) is 2.86. The first kappa shape index (κ1) is 17.8. The van der Waals surface area contributed by atoms with Crippen LogP contribution >= 0.6 is 0 Å². The van der Waals surface area contributed by atoms with E-state index in [1.165, 1.54) is 11.3 Å². The quantitative estimate of drug-likeness (QED) is 0.537. The Balaban J connectivity index is 1.52. The monoisotopic (exact) mass is 388 g/mol. The van der Waals surface area contributed by atoms with E-state index in [2.05, 4.69) is 60.0 Å². The van der Waals surface area contributed by atoms with Crippen LogP contribution in [0.5, 0.6) is 0 Å². The van der Waals surface area contributed by atoms with E-state index < -0.39 is 0 Å². The van der Waals surface area contributed by atoms with Crippen molar-refractivity contribution < 1.29 is 0 Å². The van der Waals surface area contributed by atoms with Crippen LogP contribution < -0.4 is 4.90 Å². The maximum absolute atomic E-state index is 4.78. The first-order valence-electron chi connectivity index (χ1n) is 9.96. The fraction of sp³-hybridized carbons (Fsp3) is 0.381. The molecule has 5 rings (SSSR count). The molecule has 1 aliphatic heterocycles. The largest absolute Gasteiger partial charge is 0.350 e. The van der Waals surface area contributed by atoms with Gasteiger partial charge in [0.05, 0.1) is 5.69 Å². The average molecular weight is 388 g/mol. The van der Waals surface area contributed by atoms with Gasteiger partial charge >= 0.3 is 0 Å². The first-order chi connectivity index (χ1) is 14.0. The summed E-state index contributed by atoms with van der Waals surface area (Å²) in [5, 5.41) is 17.4. The van der Waals surface area contributed by atoms with Gasteiger partial charge in [-0.25, -0.2) is 0 Å². The van der Waals surface area contributed by atoms with Crippen molar-refractivity contribution in [1.29, 1.82) is 0 Å². The van der Waals surface area contributed by atoms with E-state index in [-0.39, 0.29) is 0 Å². The van der Waals surface area contributed by atoms with Gasteiger partial charge in [0.25, 0.3) is 0 Å². The van der Waals surface area contributed by atoms with Crippen molar-refractivity contribution in [3.05, 3.63) is 53.2 Å². The molecule has 0 saturated heterocycles. The molecule has 0 bridgehead atoms. The average Bonchev–Trinajstić information content (AvgIpc) is 3.39. The van der Waals surface area contributed by atoms with Crippen LogP contribution in [0.2, 0.25) is 0 Å². The number of nitrogens with zero attached hydrogens (tertiary/aromatic N) is 8. The van der Waals surface area contributed by atoms with Crippen LogP contribution in [-0.2, 0) is 13.0 Å². The van der Waals surface area contributed by atoms with Crippen molar-refractivity contribution in [3.8, 4) is 11.3 Å². The Bertz CT molecular complexity index is 1200. The number of pyridine rings is 1. The third-order valence-corrected chi connectivity index (χ3v) is 5.76. The number of hydrogen-bond acceptors (Lipinski definition) is 6. The molecule has 148 valence electrons. The molecule has 5 heterocycles. The van der Waals surface area contributed by atoms with Crippen LogP contribution in [-0.4, -0.2) is 41.1 Å². The minimum atomic E-state index is 0.304. The maximum atomic E-state index is 4.78. The van der Waals surface area contributed by atoms with Crippen molar-refractivity contribution in [1.82, 2.24) is 34.6 Å². The van der Waals surface area contributed by atoms with Crippen LogP contribution in [0, 0.1) is 13.8 Å². The van der Waals surface area contributed by atoms with Crippen molar-refractivity contribution in [2.45, 2.75) is 46.7 Å². The molecule has 0 aliphatic carbocycles. The molecule has 8 nitrogen and oxygen atoms in total. The SMILES string of the molecule is Cc1c(N2CCc3ncc(-c4ccnn4C(C)C)cc3C2)nn2cnnc2c1C. The second-order valence-electron chi connectivity index (χ2n) is 7.93. The zero-order valence-corrected chi connectivity index (χ0v) is 17.2. The number of rotatable bonds is 3. The number of aromatic nitrogens is 7. The highest BCUT2D eigenvalue weighted by Gasteiger charge is 2.23. The smallest absolute Gasteiger partial charge is 0.180 e. The van der Waals surface area contributed by atoms with E-state index in [1.54, 1.807) is 10.8 Å². The molecule has 0 radical (unpaired) electrons. The highest BCUT2D eigenvalue weighted by molar-refractivity contribution is 5.62. The summed E-state index contributed by atoms with van der Waals surface area (Å²) in [4.78, 5) is 7.10. The van der Waals surface area contributed by atoms with Gasteiger partial charge in [-0.05, 0) is 45.4 Å². The Morgan fingerprint density at radius 1 is 1.14 bits per heavy atom. The first-order valence-corrected chi connectivity index (χ1v) is 9.96. The van der Waals surface area contributed by atoms with Gasteiger partial charge in [0.15, 0.2) is 11.5 Å². The molecule has 0 amide bonds. The van der Waals surface area contributed by atoms with E-state index in [4.69, 9.17) is 10.1 Å². The number of fused-ring (bicyclic) bond motifs is 2. The molecule has 0 N–H and O–H groups in total. The molecule has 0 atom stereocenters. The third-order valence-electron chi connectivity index (χ3n) is 5.76. The van der Waals surface area contributed by atoms with Crippen molar-refractivity contribution in [2.24, 2.45) is 0 Å². The predicted molar refractivity (Wildman–Crippen MR) is 111 cm³/mol. The number of aryl methyl sites for hydroxylation is 1. The van der Waals surface area contributed by atoms with E-state index >= 15 is 0 Å². The topological polar surface area (TPSA) is 77.0 Å². The molecule has 0 unspecified atom stereocenters. The second kappa shape index (κ2) is 6.65. The molecule has 0 spiro atoms. The van der Waals surface area contributed by atoms with Gasteiger partial charge in [0, 0.05) is 60.3 Å². The van der Waals surface area contributed by atoms with Gasteiger partial charge in [-0.2, -0.15) is 9.61 Å². The number of hydrogen-bond donors (Lipinski definition) is 0. The fourth-order valence-electron chi connectivity index (χ4n) is 4.06. The molecule has 29 heavy (non-hydrogen) atoms. The number of anilines is 1. The maximum Gasteiger partial charge on any atom is 0.180 e. The lowest BCUT2D eigenvalue weighted by Gasteiger charge is -2.30. The lowest BCUT2D eigenvalue weighted by Crippen LogP contribution is -2.33. The minimum Gasteiger partial charge on any atom is -0.350 e. The van der Waals surface area contributed by atoms with Crippen LogP contribution in [0.4, 0.5) is 5.82 Å². The lowest BCUT2D eigenvalue weighted by atomic mass is 10.0. The highest BCUT2D eigenvalue weighted by atomic mass is 15.4. The predicted octanol–water partition coefficient (Wildman–Crippen LogP) is 3.14. The summed E-state index contributed by atoms with van der Waals surface area (Å²) >= 11 is 0. The zero-order valence-electron chi connectivity index (χ0n) is 17.2. The van der Waals surface area contributed by atoms with Gasteiger partial charge in [0.2, 0.25) is 0 Å². The van der Waals surface area contributed by atoms with Crippen molar-refractivity contribution >= 4 is 11.5 Å². The molecular formula is C21H24N8. The molecule has 1 aliphatic rings. The summed E-state index contributed by atoms with van der Waals surface area (Å²) < 4.78 is 3.81. The Morgan fingerprint density at radius 3 is 2.83 bits per heavy atom. The Hall–Kier alpha value is -3.29. The summed E-state index contributed by atoms with van der Waals surface area (Å²) in [6.45, 7) is 10.1. The van der Waals surface area contributed by atoms with Gasteiger partial charge in [0.1, 0.15) is 6.33 Å². The standard InChI is InChI=1S/C21H24N8/c1-13(2)29-19(5-7-24-29)16-9-17-11-27(8-6-18(17)22-10-16)21-15(4)14(3)20-25-23-12-28(20)26-21/h5,7,9-10,12-13H,6,8,11H2,1-4H3. The van der Waals surface area contributed by atoms with Crippen LogP contribution in [0.25, 0.3) is 16.9 Å². The van der Waals surface area contributed by atoms with Crippen molar-refractivity contribution in [2.75, 3.05) is 11.4 Å². The van der Waals surface area contributed by atoms with E-state index in [0.29, 0.717) is 6.04 Å². The summed E-state index contributed by atoms with van der Waals surface area (Å²) in [6.07, 6.45) is 6.39. The van der Waals surface area contributed by atoms with Gasteiger partial charge in [-0.3, -0.25) is 9.67 Å². The van der Waals surface area contributed by atoms with E-state index in [1.807, 2.05) is 17.1 Å². The minimum absolute atomic E-state index is 0.304. The van der Waals surface area contributed by atoms with Crippen LogP contribution in [0.3, 0.4) is 0 Å². The molecule has 4 aromatic rings. The molecule has 4 aromatic heterocycles. The van der Waals surface area contributed by atoms with Crippen molar-refractivity contribution in [3.63, 3.8) is 0 Å².